The fraction of sp³-hybridized carbons (Fsp3) is 0.333. The smallest absolute Gasteiger partial charge is 0.417 e. The van der Waals surface area contributed by atoms with Crippen LogP contribution < -0.4 is 14.8 Å². The zero-order valence-corrected chi connectivity index (χ0v) is 23.2. The summed E-state index contributed by atoms with van der Waals surface area (Å²) >= 11 is 0. The molecule has 1 aliphatic heterocycles. The summed E-state index contributed by atoms with van der Waals surface area (Å²) in [6.45, 7) is 7.40. The third-order valence-corrected chi connectivity index (χ3v) is 7.12. The Morgan fingerprint density at radius 2 is 1.80 bits per heavy atom. The van der Waals surface area contributed by atoms with Crippen molar-refractivity contribution in [2.24, 2.45) is 0 Å². The first kappa shape index (κ1) is 28.0. The van der Waals surface area contributed by atoms with Crippen LogP contribution in [-0.4, -0.2) is 57.7 Å². The average molecular weight is 561 g/mol. The number of pyridine rings is 1. The second kappa shape index (κ2) is 11.1. The van der Waals surface area contributed by atoms with Gasteiger partial charge in [-0.2, -0.15) is 5.26 Å². The summed E-state index contributed by atoms with van der Waals surface area (Å²) in [6, 6.07) is 10.2. The van der Waals surface area contributed by atoms with Gasteiger partial charge in [0.05, 0.1) is 30.2 Å². The summed E-state index contributed by atoms with van der Waals surface area (Å²) < 4.78 is 40.7. The quantitative estimate of drug-likeness (QED) is 0.317. The molecular weight excluding hydrogens is 530 g/mol. The number of aromatic nitrogens is 3. The molecule has 1 saturated heterocycles. The first-order chi connectivity index (χ1) is 19.6. The molecule has 0 unspecified atom stereocenters. The lowest BCUT2D eigenvalue weighted by molar-refractivity contribution is 0.0638. The first-order valence-electron chi connectivity index (χ1n) is 13.2. The van der Waals surface area contributed by atoms with E-state index in [-0.39, 0.29) is 34.4 Å². The fourth-order valence-electron chi connectivity index (χ4n) is 5.28. The lowest BCUT2D eigenvalue weighted by Gasteiger charge is -2.42. The van der Waals surface area contributed by atoms with Gasteiger partial charge in [0.25, 0.3) is 5.88 Å². The number of benzene rings is 2. The maximum absolute atomic E-state index is 14.8. The molecule has 5 rings (SSSR count). The second-order valence-electron chi connectivity index (χ2n) is 10.8. The van der Waals surface area contributed by atoms with Crippen molar-refractivity contribution >= 4 is 17.1 Å². The van der Waals surface area contributed by atoms with Crippen LogP contribution in [0.4, 0.5) is 13.6 Å². The van der Waals surface area contributed by atoms with Gasteiger partial charge in [0.2, 0.25) is 0 Å². The van der Waals surface area contributed by atoms with E-state index in [4.69, 9.17) is 9.47 Å². The number of hydrogen-bond acceptors (Lipinski definition) is 7. The molecule has 3 heterocycles. The monoisotopic (exact) mass is 560 g/mol. The molecule has 1 aliphatic rings. The van der Waals surface area contributed by atoms with Crippen LogP contribution in [0.5, 0.6) is 11.6 Å². The lowest BCUT2D eigenvalue weighted by Crippen LogP contribution is -2.55. The van der Waals surface area contributed by atoms with Crippen LogP contribution >= 0.6 is 0 Å². The first-order valence-corrected chi connectivity index (χ1v) is 13.2. The number of H-pyrrole nitrogens is 1. The van der Waals surface area contributed by atoms with Gasteiger partial charge in [0, 0.05) is 22.7 Å². The molecule has 0 radical (unpaired) electrons. The number of rotatable bonds is 5. The van der Waals surface area contributed by atoms with E-state index in [1.54, 1.807) is 17.0 Å². The van der Waals surface area contributed by atoms with Crippen LogP contribution in [0.2, 0.25) is 0 Å². The molecule has 4 aromatic rings. The van der Waals surface area contributed by atoms with Crippen molar-refractivity contribution < 1.29 is 23.0 Å². The van der Waals surface area contributed by atoms with Crippen LogP contribution in [0.1, 0.15) is 39.2 Å². The largest absolute Gasteiger partial charge is 0.494 e. The van der Waals surface area contributed by atoms with Crippen LogP contribution in [0, 0.1) is 23.0 Å². The van der Waals surface area contributed by atoms with Crippen LogP contribution in [0.3, 0.4) is 0 Å². The molecule has 2 aromatic heterocycles. The van der Waals surface area contributed by atoms with E-state index in [9.17, 15) is 18.8 Å². The molecular formula is C30H30F2N6O3. The molecule has 2 aromatic carbocycles. The minimum atomic E-state index is -0.744. The van der Waals surface area contributed by atoms with Crippen molar-refractivity contribution in [3.8, 4) is 40.1 Å². The zero-order valence-electron chi connectivity index (χ0n) is 23.2. The number of fused-ring (bicyclic) bond motifs is 1. The van der Waals surface area contributed by atoms with E-state index in [1.807, 2.05) is 20.8 Å². The summed E-state index contributed by atoms with van der Waals surface area (Å²) in [6.07, 6.45) is 2.39. The average Bonchev–Trinajstić information content (AvgIpc) is 3.43. The Labute approximate surface area is 236 Å². The van der Waals surface area contributed by atoms with Gasteiger partial charge in [-0.15, -0.1) is 0 Å². The second-order valence-corrected chi connectivity index (χ2v) is 10.8. The molecule has 0 atom stereocenters. The van der Waals surface area contributed by atoms with Gasteiger partial charge < -0.3 is 19.8 Å². The van der Waals surface area contributed by atoms with E-state index in [2.05, 4.69) is 20.3 Å². The van der Waals surface area contributed by atoms with E-state index in [0.29, 0.717) is 22.2 Å². The highest BCUT2D eigenvalue weighted by Crippen LogP contribution is 2.40. The SMILES string of the molecule is COc1ccc(-c2c(-c3ccc(C#N)c(F)c3)nc(OC(=O)N(C3CCNCC3)C(C)(C)C)c3nc[nH]c23)cc1F. The van der Waals surface area contributed by atoms with E-state index >= 15 is 0 Å². The number of nitrogens with zero attached hydrogens (tertiary/aromatic N) is 4. The van der Waals surface area contributed by atoms with Crippen molar-refractivity contribution in [2.75, 3.05) is 20.2 Å². The molecule has 0 bridgehead atoms. The van der Waals surface area contributed by atoms with Gasteiger partial charge in [-0.3, -0.25) is 4.90 Å². The summed E-state index contributed by atoms with van der Waals surface area (Å²) in [5, 5.41) is 12.5. The Balaban J connectivity index is 1.68. The number of halogens is 2. The number of amides is 1. The number of carbonyl (C=O) groups excluding carboxylic acids is 1. The van der Waals surface area contributed by atoms with Crippen molar-refractivity contribution in [2.45, 2.75) is 45.2 Å². The number of ether oxygens (including phenoxy) is 2. The Hall–Kier alpha value is -4.56. The zero-order chi connectivity index (χ0) is 29.3. The number of methoxy groups -OCH3 is 1. The van der Waals surface area contributed by atoms with Crippen LogP contribution in [0.25, 0.3) is 33.4 Å². The normalized spacial score (nSPS) is 14.1. The number of imidazole rings is 1. The van der Waals surface area contributed by atoms with Gasteiger partial charge >= 0.3 is 6.09 Å². The minimum Gasteiger partial charge on any atom is -0.494 e. The summed E-state index contributed by atoms with van der Waals surface area (Å²) in [5.41, 5.74) is 1.32. The molecule has 0 spiro atoms. The molecule has 0 aliphatic carbocycles. The molecule has 11 heteroatoms. The Kier molecular flexibility index (Phi) is 7.60. The Morgan fingerprint density at radius 1 is 1.10 bits per heavy atom. The third-order valence-electron chi connectivity index (χ3n) is 7.12. The highest BCUT2D eigenvalue weighted by atomic mass is 19.1. The van der Waals surface area contributed by atoms with Gasteiger partial charge in [0.15, 0.2) is 17.1 Å². The predicted molar refractivity (Wildman–Crippen MR) is 149 cm³/mol. The predicted octanol–water partition coefficient (Wildman–Crippen LogP) is 5.80. The summed E-state index contributed by atoms with van der Waals surface area (Å²) in [4.78, 5) is 27.5. The fourth-order valence-corrected chi connectivity index (χ4v) is 5.28. The van der Waals surface area contributed by atoms with Crippen LogP contribution in [-0.2, 0) is 0 Å². The van der Waals surface area contributed by atoms with Crippen molar-refractivity contribution in [3.05, 3.63) is 59.9 Å². The van der Waals surface area contributed by atoms with E-state index in [0.717, 1.165) is 25.9 Å². The van der Waals surface area contributed by atoms with Crippen molar-refractivity contribution in [1.29, 1.82) is 5.26 Å². The highest BCUT2D eigenvalue weighted by Gasteiger charge is 2.36. The number of nitriles is 1. The molecule has 0 saturated carbocycles. The minimum absolute atomic E-state index is 0.0351. The molecule has 41 heavy (non-hydrogen) atoms. The number of hydrogen-bond donors (Lipinski definition) is 2. The number of piperidine rings is 1. The van der Waals surface area contributed by atoms with Crippen molar-refractivity contribution in [3.63, 3.8) is 0 Å². The summed E-state index contributed by atoms with van der Waals surface area (Å²) in [7, 11) is 1.37. The van der Waals surface area contributed by atoms with Crippen molar-refractivity contribution in [1.82, 2.24) is 25.2 Å². The van der Waals surface area contributed by atoms with E-state index < -0.39 is 23.3 Å². The third kappa shape index (κ3) is 5.43. The van der Waals surface area contributed by atoms with Gasteiger partial charge in [-0.05, 0) is 76.5 Å². The number of carbonyl (C=O) groups is 1. The lowest BCUT2D eigenvalue weighted by atomic mass is 9.97. The molecule has 212 valence electrons. The van der Waals surface area contributed by atoms with Gasteiger partial charge in [-0.1, -0.05) is 12.1 Å². The Morgan fingerprint density at radius 3 is 2.44 bits per heavy atom. The topological polar surface area (TPSA) is 116 Å². The number of nitrogens with one attached hydrogen (secondary N) is 2. The maximum atomic E-state index is 14.8. The highest BCUT2D eigenvalue weighted by molar-refractivity contribution is 6.01. The molecule has 1 amide bonds. The number of aromatic amines is 1. The molecule has 9 nitrogen and oxygen atoms in total. The molecule has 1 fully saturated rings. The van der Waals surface area contributed by atoms with E-state index in [1.165, 1.54) is 43.8 Å². The van der Waals surface area contributed by atoms with Gasteiger partial charge in [-0.25, -0.2) is 23.5 Å². The molecule has 2 N–H and O–H groups in total. The standard InChI is InChI=1S/C30H30F2N6O3/c1-30(2,3)38(20-9-11-34-12-10-20)29(39)41-28-27-26(35-16-36-27)24(17-7-8-23(40-4)22(32)13-17)25(37-28)18-5-6-19(15-33)21(31)14-18/h5-8,13-14,16,20,34H,9-12H2,1-4H3,(H,35,36). The Bertz CT molecular complexity index is 1650. The van der Waals surface area contributed by atoms with Crippen LogP contribution in [0.15, 0.2) is 42.7 Å². The summed E-state index contributed by atoms with van der Waals surface area (Å²) in [5.74, 6) is -1.37. The maximum Gasteiger partial charge on any atom is 0.417 e. The van der Waals surface area contributed by atoms with Gasteiger partial charge in [0.1, 0.15) is 11.9 Å².